The summed E-state index contributed by atoms with van der Waals surface area (Å²) in [6.07, 6.45) is -4.71. The number of halogens is 3. The highest BCUT2D eigenvalue weighted by molar-refractivity contribution is 5.69. The average Bonchev–Trinajstić information content (AvgIpc) is 2.30. The van der Waals surface area contributed by atoms with Gasteiger partial charge in [0.05, 0.1) is 11.6 Å². The van der Waals surface area contributed by atoms with Crippen molar-refractivity contribution < 1.29 is 22.7 Å². The molecule has 1 aliphatic heterocycles. The van der Waals surface area contributed by atoms with E-state index in [-0.39, 0.29) is 12.1 Å². The summed E-state index contributed by atoms with van der Waals surface area (Å²) in [4.78, 5) is 13.3. The fourth-order valence-corrected chi connectivity index (χ4v) is 2.04. The molecule has 0 bridgehead atoms. The van der Waals surface area contributed by atoms with Gasteiger partial charge in [0.25, 0.3) is 0 Å². The Hall–Kier alpha value is -1.92. The number of ether oxygens (including phenoxy) is 1. The first kappa shape index (κ1) is 16.5. The van der Waals surface area contributed by atoms with Gasteiger partial charge in [-0.25, -0.2) is 4.79 Å². The summed E-state index contributed by atoms with van der Waals surface area (Å²) in [6, 6.07) is 4.86. The molecule has 0 spiro atoms. The molecule has 0 aliphatic carbocycles. The minimum absolute atomic E-state index is 0.0178. The van der Waals surface area contributed by atoms with Crippen LogP contribution in [0.3, 0.4) is 0 Å². The zero-order valence-electron chi connectivity index (χ0n) is 12.7. The molecule has 1 amide bonds. The van der Waals surface area contributed by atoms with Crippen molar-refractivity contribution in [1.82, 2.24) is 4.90 Å². The molecule has 0 atom stereocenters. The van der Waals surface area contributed by atoms with Crippen molar-refractivity contribution >= 4 is 11.8 Å². The molecule has 1 aromatic rings. The zero-order chi connectivity index (χ0) is 16.5. The summed E-state index contributed by atoms with van der Waals surface area (Å²) in [5.41, 5.74) is -0.618. The third-order valence-corrected chi connectivity index (χ3v) is 3.12. The molecule has 1 fully saturated rings. The molecule has 1 saturated heterocycles. The lowest BCUT2D eigenvalue weighted by molar-refractivity contribution is -0.137. The lowest BCUT2D eigenvalue weighted by Gasteiger charge is -2.40. The molecule has 0 aromatic heterocycles. The summed E-state index contributed by atoms with van der Waals surface area (Å²) in [7, 11) is 0. The standard InChI is InChI=1S/C15H19F3N2O2/c1-14(2,3)22-13(21)20-8-12(9-20)19-11-6-4-10(5-7-11)15(16,17)18/h4-7,12,19H,8-9H2,1-3H3. The molecule has 1 aliphatic rings. The second-order valence-electron chi connectivity index (χ2n) is 6.30. The maximum absolute atomic E-state index is 12.5. The van der Waals surface area contributed by atoms with E-state index in [1.54, 1.807) is 25.7 Å². The predicted octanol–water partition coefficient (Wildman–Crippen LogP) is 3.74. The van der Waals surface area contributed by atoms with Crippen molar-refractivity contribution in [2.24, 2.45) is 0 Å². The van der Waals surface area contributed by atoms with Gasteiger partial charge >= 0.3 is 12.3 Å². The third kappa shape index (κ3) is 4.29. The number of hydrogen-bond donors (Lipinski definition) is 1. The van der Waals surface area contributed by atoms with E-state index in [2.05, 4.69) is 5.32 Å². The number of likely N-dealkylation sites (tertiary alicyclic amines) is 1. The Labute approximate surface area is 127 Å². The smallest absolute Gasteiger partial charge is 0.416 e. The number of carbonyl (C=O) groups excluding carboxylic acids is 1. The van der Waals surface area contributed by atoms with Crippen LogP contribution in [-0.2, 0) is 10.9 Å². The fourth-order valence-electron chi connectivity index (χ4n) is 2.04. The van der Waals surface area contributed by atoms with Gasteiger partial charge in [0, 0.05) is 18.8 Å². The van der Waals surface area contributed by atoms with Crippen LogP contribution >= 0.6 is 0 Å². The van der Waals surface area contributed by atoms with Gasteiger partial charge in [-0.05, 0) is 45.0 Å². The lowest BCUT2D eigenvalue weighted by Crippen LogP contribution is -2.57. The van der Waals surface area contributed by atoms with Crippen molar-refractivity contribution in [1.29, 1.82) is 0 Å². The van der Waals surface area contributed by atoms with E-state index < -0.39 is 17.3 Å². The van der Waals surface area contributed by atoms with E-state index >= 15 is 0 Å². The van der Waals surface area contributed by atoms with Crippen LogP contribution in [0.1, 0.15) is 26.3 Å². The summed E-state index contributed by atoms with van der Waals surface area (Å²) >= 11 is 0. The number of benzene rings is 1. The van der Waals surface area contributed by atoms with Crippen molar-refractivity contribution in [3.63, 3.8) is 0 Å². The molecule has 1 heterocycles. The maximum atomic E-state index is 12.5. The van der Waals surface area contributed by atoms with Crippen LogP contribution in [0.5, 0.6) is 0 Å². The second kappa shape index (κ2) is 5.70. The third-order valence-electron chi connectivity index (χ3n) is 3.12. The number of alkyl halides is 3. The van der Waals surface area contributed by atoms with Gasteiger partial charge in [0.15, 0.2) is 0 Å². The minimum Gasteiger partial charge on any atom is -0.444 e. The van der Waals surface area contributed by atoms with E-state index in [4.69, 9.17) is 4.74 Å². The number of hydrogen-bond acceptors (Lipinski definition) is 3. The van der Waals surface area contributed by atoms with Crippen molar-refractivity contribution in [2.45, 2.75) is 38.6 Å². The maximum Gasteiger partial charge on any atom is 0.416 e. The molecule has 0 radical (unpaired) electrons. The number of nitrogens with one attached hydrogen (secondary N) is 1. The Balaban J connectivity index is 1.82. The highest BCUT2D eigenvalue weighted by Gasteiger charge is 2.34. The van der Waals surface area contributed by atoms with Crippen LogP contribution in [0.15, 0.2) is 24.3 Å². The van der Waals surface area contributed by atoms with E-state index in [0.29, 0.717) is 18.8 Å². The van der Waals surface area contributed by atoms with Gasteiger partial charge in [-0.3, -0.25) is 0 Å². The molecule has 4 nitrogen and oxygen atoms in total. The largest absolute Gasteiger partial charge is 0.444 e. The Morgan fingerprint density at radius 2 is 1.73 bits per heavy atom. The first-order chi connectivity index (χ1) is 10.0. The van der Waals surface area contributed by atoms with E-state index in [1.807, 2.05) is 0 Å². The first-order valence-electron chi connectivity index (χ1n) is 6.96. The molecule has 0 saturated carbocycles. The Bertz CT molecular complexity index is 529. The number of nitrogens with zero attached hydrogens (tertiary/aromatic N) is 1. The highest BCUT2D eigenvalue weighted by Crippen LogP contribution is 2.30. The molecule has 7 heteroatoms. The van der Waals surface area contributed by atoms with E-state index in [0.717, 1.165) is 12.1 Å². The van der Waals surface area contributed by atoms with Gasteiger partial charge in [-0.15, -0.1) is 0 Å². The van der Waals surface area contributed by atoms with E-state index in [9.17, 15) is 18.0 Å². The van der Waals surface area contributed by atoms with E-state index in [1.165, 1.54) is 12.1 Å². The topological polar surface area (TPSA) is 41.6 Å². The van der Waals surface area contributed by atoms with Crippen molar-refractivity contribution in [3.05, 3.63) is 29.8 Å². The Kier molecular flexibility index (Phi) is 4.26. The molecule has 2 rings (SSSR count). The minimum atomic E-state index is -4.33. The first-order valence-corrected chi connectivity index (χ1v) is 6.96. The Morgan fingerprint density at radius 3 is 2.18 bits per heavy atom. The van der Waals surface area contributed by atoms with Crippen molar-refractivity contribution in [2.75, 3.05) is 18.4 Å². The second-order valence-corrected chi connectivity index (χ2v) is 6.30. The van der Waals surface area contributed by atoms with Gasteiger partial charge in [-0.2, -0.15) is 13.2 Å². The monoisotopic (exact) mass is 316 g/mol. The summed E-state index contributed by atoms with van der Waals surface area (Å²) in [5, 5.41) is 3.09. The number of amides is 1. The van der Waals surface area contributed by atoms with Crippen LogP contribution in [0.25, 0.3) is 0 Å². The van der Waals surface area contributed by atoms with Crippen LogP contribution in [-0.4, -0.2) is 35.7 Å². The van der Waals surface area contributed by atoms with Crippen LogP contribution in [0.4, 0.5) is 23.7 Å². The lowest BCUT2D eigenvalue weighted by atomic mass is 10.1. The van der Waals surface area contributed by atoms with Crippen molar-refractivity contribution in [3.8, 4) is 0 Å². The molecule has 1 aromatic carbocycles. The summed E-state index contributed by atoms with van der Waals surface area (Å²) in [5.74, 6) is 0. The number of rotatable bonds is 2. The normalized spacial score (nSPS) is 16.2. The van der Waals surface area contributed by atoms with Crippen LogP contribution in [0, 0.1) is 0 Å². The molecular weight excluding hydrogens is 297 g/mol. The van der Waals surface area contributed by atoms with Crippen LogP contribution < -0.4 is 5.32 Å². The molecule has 0 unspecified atom stereocenters. The number of anilines is 1. The summed E-state index contributed by atoms with van der Waals surface area (Å²) in [6.45, 7) is 6.32. The average molecular weight is 316 g/mol. The number of carbonyl (C=O) groups is 1. The molecule has 22 heavy (non-hydrogen) atoms. The fraction of sp³-hybridized carbons (Fsp3) is 0.533. The molecule has 1 N–H and O–H groups in total. The SMILES string of the molecule is CC(C)(C)OC(=O)N1CC(Nc2ccc(C(F)(F)F)cc2)C1. The van der Waals surface area contributed by atoms with Gasteiger partial charge in [-0.1, -0.05) is 0 Å². The van der Waals surface area contributed by atoms with Crippen LogP contribution in [0.2, 0.25) is 0 Å². The molecule has 122 valence electrons. The summed E-state index contributed by atoms with van der Waals surface area (Å²) < 4.78 is 42.6. The quantitative estimate of drug-likeness (QED) is 0.904. The Morgan fingerprint density at radius 1 is 1.18 bits per heavy atom. The van der Waals surface area contributed by atoms with Gasteiger partial charge in [0.2, 0.25) is 0 Å². The van der Waals surface area contributed by atoms with Gasteiger partial charge < -0.3 is 15.0 Å². The highest BCUT2D eigenvalue weighted by atomic mass is 19.4. The zero-order valence-corrected chi connectivity index (χ0v) is 12.7. The molecular formula is C15H19F3N2O2. The van der Waals surface area contributed by atoms with Gasteiger partial charge in [0.1, 0.15) is 5.60 Å². The predicted molar refractivity (Wildman–Crippen MR) is 76.7 cm³/mol.